The van der Waals surface area contributed by atoms with Gasteiger partial charge in [0.05, 0.1) is 6.04 Å². The highest BCUT2D eigenvalue weighted by atomic mass is 16.2. The van der Waals surface area contributed by atoms with E-state index in [1.54, 1.807) is 4.90 Å². The van der Waals surface area contributed by atoms with Gasteiger partial charge in [-0.25, -0.2) is 0 Å². The third-order valence-corrected chi connectivity index (χ3v) is 3.57. The molecule has 1 unspecified atom stereocenters. The molecule has 1 aromatic rings. The minimum absolute atomic E-state index is 0.105. The highest BCUT2D eigenvalue weighted by Crippen LogP contribution is 2.12. The summed E-state index contributed by atoms with van der Waals surface area (Å²) < 4.78 is 0. The van der Waals surface area contributed by atoms with Gasteiger partial charge in [-0.3, -0.25) is 4.79 Å². The number of rotatable bonds is 6. The fourth-order valence-electron chi connectivity index (χ4n) is 2.21. The number of carbonyl (C=O) groups excluding carboxylic acids is 1. The number of hydrogen-bond donors (Lipinski definition) is 1. The lowest BCUT2D eigenvalue weighted by atomic mass is 10.0. The van der Waals surface area contributed by atoms with Crippen LogP contribution in [0.2, 0.25) is 0 Å². The van der Waals surface area contributed by atoms with Crippen LogP contribution < -0.4 is 5.32 Å². The van der Waals surface area contributed by atoms with E-state index in [0.717, 1.165) is 13.0 Å². The van der Waals surface area contributed by atoms with Crippen molar-refractivity contribution in [1.29, 1.82) is 0 Å². The summed E-state index contributed by atoms with van der Waals surface area (Å²) in [6, 6.07) is 6.35. The Labute approximate surface area is 123 Å². The molecule has 3 heteroatoms. The first-order valence-corrected chi connectivity index (χ1v) is 7.32. The van der Waals surface area contributed by atoms with Crippen LogP contribution >= 0.6 is 0 Å². The zero-order valence-corrected chi connectivity index (χ0v) is 13.7. The molecule has 1 atom stereocenters. The Bertz CT molecular complexity index is 452. The van der Waals surface area contributed by atoms with Crippen molar-refractivity contribution in [2.24, 2.45) is 5.92 Å². The molecule has 20 heavy (non-hydrogen) atoms. The first-order chi connectivity index (χ1) is 9.31. The molecule has 0 saturated heterocycles. The van der Waals surface area contributed by atoms with E-state index in [-0.39, 0.29) is 11.9 Å². The highest BCUT2D eigenvalue weighted by Gasteiger charge is 2.20. The van der Waals surface area contributed by atoms with E-state index in [0.29, 0.717) is 5.92 Å². The highest BCUT2D eigenvalue weighted by molar-refractivity contribution is 5.81. The molecule has 3 nitrogen and oxygen atoms in total. The molecule has 1 aromatic carbocycles. The lowest BCUT2D eigenvalue weighted by molar-refractivity contribution is -0.131. The third kappa shape index (κ3) is 4.97. The van der Waals surface area contributed by atoms with Crippen molar-refractivity contribution in [3.63, 3.8) is 0 Å². The van der Waals surface area contributed by atoms with Crippen molar-refractivity contribution in [3.8, 4) is 0 Å². The van der Waals surface area contributed by atoms with Gasteiger partial charge in [-0.2, -0.15) is 0 Å². The van der Waals surface area contributed by atoms with Crippen LogP contribution in [-0.2, 0) is 11.3 Å². The van der Waals surface area contributed by atoms with Crippen molar-refractivity contribution in [1.82, 2.24) is 10.2 Å². The maximum atomic E-state index is 12.2. The Balaban J connectivity index is 2.70. The molecule has 0 aliphatic carbocycles. The van der Waals surface area contributed by atoms with Crippen LogP contribution in [0, 0.1) is 19.8 Å². The Morgan fingerprint density at radius 2 is 1.85 bits per heavy atom. The van der Waals surface area contributed by atoms with Gasteiger partial charge in [-0.05, 0) is 42.9 Å². The summed E-state index contributed by atoms with van der Waals surface area (Å²) in [6.45, 7) is 9.26. The summed E-state index contributed by atoms with van der Waals surface area (Å²) in [7, 11) is 3.63. The lowest BCUT2D eigenvalue weighted by Crippen LogP contribution is -2.44. The van der Waals surface area contributed by atoms with E-state index in [1.807, 2.05) is 14.1 Å². The number of amides is 1. The molecule has 1 rings (SSSR count). The minimum atomic E-state index is -0.105. The standard InChI is InChI=1S/C17H28N2O/c1-12(2)9-16(17(20)19(5)6)18-11-15-8-7-13(3)14(4)10-15/h7-8,10,12,16,18H,9,11H2,1-6H3. The maximum Gasteiger partial charge on any atom is 0.239 e. The number of aryl methyl sites for hydroxylation is 2. The lowest BCUT2D eigenvalue weighted by Gasteiger charge is -2.23. The van der Waals surface area contributed by atoms with Crippen LogP contribution in [0.25, 0.3) is 0 Å². The zero-order valence-electron chi connectivity index (χ0n) is 13.7. The second-order valence-corrected chi connectivity index (χ2v) is 6.21. The van der Waals surface area contributed by atoms with Gasteiger partial charge >= 0.3 is 0 Å². The number of benzene rings is 1. The Hall–Kier alpha value is -1.35. The molecule has 0 aliphatic heterocycles. The zero-order chi connectivity index (χ0) is 15.3. The smallest absolute Gasteiger partial charge is 0.239 e. The maximum absolute atomic E-state index is 12.2. The number of nitrogens with one attached hydrogen (secondary N) is 1. The third-order valence-electron chi connectivity index (χ3n) is 3.57. The molecule has 0 saturated carbocycles. The molecular weight excluding hydrogens is 248 g/mol. The summed E-state index contributed by atoms with van der Waals surface area (Å²) in [5.41, 5.74) is 3.83. The molecule has 0 bridgehead atoms. The number of hydrogen-bond acceptors (Lipinski definition) is 2. The van der Waals surface area contributed by atoms with Crippen molar-refractivity contribution < 1.29 is 4.79 Å². The van der Waals surface area contributed by atoms with Crippen LogP contribution in [0.4, 0.5) is 0 Å². The van der Waals surface area contributed by atoms with E-state index >= 15 is 0 Å². The largest absolute Gasteiger partial charge is 0.347 e. The van der Waals surface area contributed by atoms with Gasteiger partial charge in [0, 0.05) is 20.6 Å². The van der Waals surface area contributed by atoms with E-state index in [1.165, 1.54) is 16.7 Å². The average Bonchev–Trinajstić information content (AvgIpc) is 2.37. The molecule has 0 radical (unpaired) electrons. The second-order valence-electron chi connectivity index (χ2n) is 6.21. The molecule has 0 fully saturated rings. The topological polar surface area (TPSA) is 32.3 Å². The monoisotopic (exact) mass is 276 g/mol. The Morgan fingerprint density at radius 3 is 2.35 bits per heavy atom. The van der Waals surface area contributed by atoms with Gasteiger partial charge in [0.15, 0.2) is 0 Å². The van der Waals surface area contributed by atoms with E-state index < -0.39 is 0 Å². The first-order valence-electron chi connectivity index (χ1n) is 7.32. The number of nitrogens with zero attached hydrogens (tertiary/aromatic N) is 1. The summed E-state index contributed by atoms with van der Waals surface area (Å²) in [4.78, 5) is 13.9. The molecule has 1 amide bonds. The van der Waals surface area contributed by atoms with Crippen molar-refractivity contribution in [2.45, 2.75) is 46.7 Å². The predicted octanol–water partition coefficient (Wildman–Crippen LogP) is 2.90. The second kappa shape index (κ2) is 7.44. The average molecular weight is 276 g/mol. The predicted molar refractivity (Wildman–Crippen MR) is 84.7 cm³/mol. The summed E-state index contributed by atoms with van der Waals surface area (Å²) >= 11 is 0. The van der Waals surface area contributed by atoms with Gasteiger partial charge in [-0.1, -0.05) is 32.0 Å². The summed E-state index contributed by atoms with van der Waals surface area (Å²) in [5.74, 6) is 0.652. The van der Waals surface area contributed by atoms with Gasteiger partial charge in [-0.15, -0.1) is 0 Å². The SMILES string of the molecule is Cc1ccc(CNC(CC(C)C)C(=O)N(C)C)cc1C. The Kier molecular flexibility index (Phi) is 6.21. The number of carbonyl (C=O) groups is 1. The van der Waals surface area contributed by atoms with Gasteiger partial charge in [0.2, 0.25) is 5.91 Å². The van der Waals surface area contributed by atoms with Gasteiger partial charge in [0.1, 0.15) is 0 Å². The Morgan fingerprint density at radius 1 is 1.20 bits per heavy atom. The van der Waals surface area contributed by atoms with Crippen LogP contribution in [0.5, 0.6) is 0 Å². The molecule has 1 N–H and O–H groups in total. The van der Waals surface area contributed by atoms with Crippen LogP contribution in [0.15, 0.2) is 18.2 Å². The van der Waals surface area contributed by atoms with E-state index in [9.17, 15) is 4.79 Å². The van der Waals surface area contributed by atoms with Crippen molar-refractivity contribution in [2.75, 3.05) is 14.1 Å². The van der Waals surface area contributed by atoms with Crippen LogP contribution in [0.3, 0.4) is 0 Å². The minimum Gasteiger partial charge on any atom is -0.347 e. The van der Waals surface area contributed by atoms with E-state index in [4.69, 9.17) is 0 Å². The van der Waals surface area contributed by atoms with Gasteiger partial charge in [0.25, 0.3) is 0 Å². The molecule has 0 spiro atoms. The quantitative estimate of drug-likeness (QED) is 0.866. The van der Waals surface area contributed by atoms with E-state index in [2.05, 4.69) is 51.2 Å². The summed E-state index contributed by atoms with van der Waals surface area (Å²) in [6.07, 6.45) is 0.863. The van der Waals surface area contributed by atoms with Crippen molar-refractivity contribution in [3.05, 3.63) is 34.9 Å². The molecular formula is C17H28N2O. The van der Waals surface area contributed by atoms with Crippen LogP contribution in [-0.4, -0.2) is 30.9 Å². The molecule has 0 heterocycles. The van der Waals surface area contributed by atoms with Crippen LogP contribution in [0.1, 0.15) is 37.0 Å². The first kappa shape index (κ1) is 16.7. The number of likely N-dealkylation sites (N-methyl/N-ethyl adjacent to an activating group) is 1. The molecule has 0 aromatic heterocycles. The fourth-order valence-corrected chi connectivity index (χ4v) is 2.21. The normalized spacial score (nSPS) is 12.6. The van der Waals surface area contributed by atoms with Gasteiger partial charge < -0.3 is 10.2 Å². The molecule has 0 aliphatic rings. The van der Waals surface area contributed by atoms with Crippen molar-refractivity contribution >= 4 is 5.91 Å². The summed E-state index contributed by atoms with van der Waals surface area (Å²) in [5, 5.41) is 3.40. The molecule has 112 valence electrons. The fraction of sp³-hybridized carbons (Fsp3) is 0.588.